The van der Waals surface area contributed by atoms with E-state index in [2.05, 4.69) is 15.9 Å². The van der Waals surface area contributed by atoms with E-state index in [1.807, 2.05) is 30.3 Å². The molecule has 1 nitrogen and oxygen atoms in total. The average Bonchev–Trinajstić information content (AvgIpc) is 2.73. The smallest absolute Gasteiger partial charge is 0.165 e. The van der Waals surface area contributed by atoms with Crippen molar-refractivity contribution in [3.63, 3.8) is 0 Å². The second-order valence-electron chi connectivity index (χ2n) is 6.74. The van der Waals surface area contributed by atoms with Crippen molar-refractivity contribution in [2.45, 2.75) is 6.61 Å². The van der Waals surface area contributed by atoms with Crippen LogP contribution in [0.4, 0.5) is 13.2 Å². The molecule has 150 valence electrons. The summed E-state index contributed by atoms with van der Waals surface area (Å²) in [6, 6.07) is 22.7. The van der Waals surface area contributed by atoms with Crippen LogP contribution >= 0.6 is 15.9 Å². The average molecular weight is 469 g/mol. The third-order valence-electron chi connectivity index (χ3n) is 4.69. The van der Waals surface area contributed by atoms with E-state index in [9.17, 15) is 13.2 Å². The van der Waals surface area contributed by atoms with Crippen molar-refractivity contribution < 1.29 is 17.9 Å². The molecule has 0 saturated carbocycles. The van der Waals surface area contributed by atoms with Gasteiger partial charge in [-0.2, -0.15) is 0 Å². The van der Waals surface area contributed by atoms with Gasteiger partial charge in [0.25, 0.3) is 0 Å². The van der Waals surface area contributed by atoms with Crippen LogP contribution in [0.3, 0.4) is 0 Å². The molecule has 0 saturated heterocycles. The zero-order valence-corrected chi connectivity index (χ0v) is 17.3. The first-order valence-electron chi connectivity index (χ1n) is 9.23. The normalized spacial score (nSPS) is 10.8. The van der Waals surface area contributed by atoms with Crippen molar-refractivity contribution in [3.8, 4) is 28.0 Å². The highest BCUT2D eigenvalue weighted by atomic mass is 79.9. The Kier molecular flexibility index (Phi) is 5.91. The molecule has 0 spiro atoms. The van der Waals surface area contributed by atoms with Gasteiger partial charge in [0.2, 0.25) is 0 Å². The van der Waals surface area contributed by atoms with Crippen molar-refractivity contribution in [1.82, 2.24) is 0 Å². The largest absolute Gasteiger partial charge is 0.486 e. The Bertz CT molecular complexity index is 1190. The van der Waals surface area contributed by atoms with Gasteiger partial charge in [0.15, 0.2) is 11.6 Å². The molecule has 0 amide bonds. The van der Waals surface area contributed by atoms with Crippen LogP contribution in [0, 0.1) is 17.5 Å². The van der Waals surface area contributed by atoms with Crippen LogP contribution in [0.5, 0.6) is 5.75 Å². The minimum atomic E-state index is -0.578. The molecule has 0 aromatic heterocycles. The molecule has 0 aliphatic rings. The van der Waals surface area contributed by atoms with Gasteiger partial charge in [-0.1, -0.05) is 70.5 Å². The van der Waals surface area contributed by atoms with Crippen LogP contribution < -0.4 is 4.74 Å². The molecule has 0 heterocycles. The van der Waals surface area contributed by atoms with Gasteiger partial charge >= 0.3 is 0 Å². The van der Waals surface area contributed by atoms with E-state index < -0.39 is 17.5 Å². The monoisotopic (exact) mass is 468 g/mol. The van der Waals surface area contributed by atoms with Crippen LogP contribution in [0.2, 0.25) is 0 Å². The van der Waals surface area contributed by atoms with Gasteiger partial charge < -0.3 is 4.74 Å². The lowest BCUT2D eigenvalue weighted by molar-refractivity contribution is 0.290. The molecule has 0 radical (unpaired) electrons. The van der Waals surface area contributed by atoms with E-state index in [0.717, 1.165) is 5.56 Å². The van der Waals surface area contributed by atoms with E-state index >= 15 is 0 Å². The summed E-state index contributed by atoms with van der Waals surface area (Å²) in [4.78, 5) is 0. The number of hydrogen-bond donors (Lipinski definition) is 0. The molecule has 0 fully saturated rings. The maximum Gasteiger partial charge on any atom is 0.165 e. The fraction of sp³-hybridized carbons (Fsp3) is 0.0400. The van der Waals surface area contributed by atoms with Gasteiger partial charge in [-0.25, -0.2) is 13.2 Å². The number of benzene rings is 4. The predicted molar refractivity (Wildman–Crippen MR) is 116 cm³/mol. The molecule has 4 aromatic rings. The van der Waals surface area contributed by atoms with Crippen LogP contribution in [0.25, 0.3) is 22.3 Å². The van der Waals surface area contributed by atoms with Crippen molar-refractivity contribution in [2.75, 3.05) is 0 Å². The minimum Gasteiger partial charge on any atom is -0.486 e. The van der Waals surface area contributed by atoms with E-state index in [0.29, 0.717) is 21.2 Å². The first kappa shape index (κ1) is 20.2. The third-order valence-corrected chi connectivity index (χ3v) is 5.18. The molecule has 0 bridgehead atoms. The highest BCUT2D eigenvalue weighted by Crippen LogP contribution is 2.32. The van der Waals surface area contributed by atoms with Crippen molar-refractivity contribution in [3.05, 3.63) is 112 Å². The molecular formula is C25H16BrF3O. The standard InChI is InChI=1S/C25H16BrF3O/c26-19-8-10-21(23(28)14-19)17-6-9-20(22(27)12-17)18-7-11-25(24(29)13-18)30-15-16-4-2-1-3-5-16/h1-14H,15H2. The fourth-order valence-electron chi connectivity index (χ4n) is 3.16. The first-order valence-corrected chi connectivity index (χ1v) is 10.0. The Hall–Kier alpha value is -3.05. The topological polar surface area (TPSA) is 9.23 Å². The molecule has 30 heavy (non-hydrogen) atoms. The molecule has 4 rings (SSSR count). The molecular weight excluding hydrogens is 453 g/mol. The van der Waals surface area contributed by atoms with Crippen LogP contribution in [-0.2, 0) is 6.61 Å². The van der Waals surface area contributed by atoms with Crippen molar-refractivity contribution in [2.24, 2.45) is 0 Å². The van der Waals surface area contributed by atoms with Gasteiger partial charge in [-0.15, -0.1) is 0 Å². The lowest BCUT2D eigenvalue weighted by Crippen LogP contribution is -1.97. The fourth-order valence-corrected chi connectivity index (χ4v) is 3.49. The summed E-state index contributed by atoms with van der Waals surface area (Å²) in [7, 11) is 0. The quantitative estimate of drug-likeness (QED) is 0.290. The second kappa shape index (κ2) is 8.76. The lowest BCUT2D eigenvalue weighted by Gasteiger charge is -2.11. The Morgan fingerprint density at radius 2 is 1.23 bits per heavy atom. The van der Waals surface area contributed by atoms with Crippen LogP contribution in [-0.4, -0.2) is 0 Å². The Labute approximate surface area is 180 Å². The van der Waals surface area contributed by atoms with Gasteiger partial charge in [-0.3, -0.25) is 0 Å². The molecule has 4 aromatic carbocycles. The number of halogens is 4. The summed E-state index contributed by atoms with van der Waals surface area (Å²) in [5.41, 5.74) is 2.22. The minimum absolute atomic E-state index is 0.0940. The summed E-state index contributed by atoms with van der Waals surface area (Å²) in [6.07, 6.45) is 0. The number of hydrogen-bond acceptors (Lipinski definition) is 1. The predicted octanol–water partition coefficient (Wildman–Crippen LogP) is 7.78. The Morgan fingerprint density at radius 1 is 0.633 bits per heavy atom. The van der Waals surface area contributed by atoms with E-state index in [-0.39, 0.29) is 17.9 Å². The van der Waals surface area contributed by atoms with Crippen molar-refractivity contribution >= 4 is 15.9 Å². The van der Waals surface area contributed by atoms with Crippen LogP contribution in [0.1, 0.15) is 5.56 Å². The highest BCUT2D eigenvalue weighted by molar-refractivity contribution is 9.10. The lowest BCUT2D eigenvalue weighted by atomic mass is 9.99. The maximum atomic E-state index is 14.7. The highest BCUT2D eigenvalue weighted by Gasteiger charge is 2.13. The summed E-state index contributed by atoms with van der Waals surface area (Å²) in [5.74, 6) is -1.50. The van der Waals surface area contributed by atoms with E-state index in [4.69, 9.17) is 4.74 Å². The summed E-state index contributed by atoms with van der Waals surface area (Å²) in [6.45, 7) is 0.235. The van der Waals surface area contributed by atoms with Crippen LogP contribution in [0.15, 0.2) is 89.4 Å². The molecule has 0 aliphatic heterocycles. The number of rotatable bonds is 5. The maximum absolute atomic E-state index is 14.7. The summed E-state index contributed by atoms with van der Waals surface area (Å²) >= 11 is 3.20. The third kappa shape index (κ3) is 4.41. The molecule has 0 N–H and O–H groups in total. The van der Waals surface area contributed by atoms with Gasteiger partial charge in [0, 0.05) is 15.6 Å². The Morgan fingerprint density at radius 3 is 1.87 bits per heavy atom. The first-order chi connectivity index (χ1) is 14.5. The molecule has 0 atom stereocenters. The Balaban J connectivity index is 1.57. The number of ether oxygens (including phenoxy) is 1. The zero-order chi connectivity index (χ0) is 21.1. The van der Waals surface area contributed by atoms with Gasteiger partial charge in [0.1, 0.15) is 18.2 Å². The molecule has 0 unspecified atom stereocenters. The SMILES string of the molecule is Fc1cc(-c2ccc(-c3ccc(Br)cc3F)cc2F)ccc1OCc1ccccc1. The van der Waals surface area contributed by atoms with Crippen molar-refractivity contribution in [1.29, 1.82) is 0 Å². The summed E-state index contributed by atoms with van der Waals surface area (Å²) < 4.78 is 49.6. The molecule has 0 aliphatic carbocycles. The van der Waals surface area contributed by atoms with E-state index in [1.54, 1.807) is 24.3 Å². The zero-order valence-electron chi connectivity index (χ0n) is 15.7. The second-order valence-corrected chi connectivity index (χ2v) is 7.65. The van der Waals surface area contributed by atoms with Gasteiger partial charge in [-0.05, 0) is 47.0 Å². The van der Waals surface area contributed by atoms with Gasteiger partial charge in [0.05, 0.1) is 0 Å². The van der Waals surface area contributed by atoms with E-state index in [1.165, 1.54) is 30.3 Å². The summed E-state index contributed by atoms with van der Waals surface area (Å²) in [5, 5.41) is 0. The molecule has 5 heteroatoms.